The van der Waals surface area contributed by atoms with Gasteiger partial charge in [-0.25, -0.2) is 13.4 Å². The van der Waals surface area contributed by atoms with Crippen LogP contribution in [0.15, 0.2) is 72.0 Å². The van der Waals surface area contributed by atoms with Gasteiger partial charge in [-0.2, -0.15) is 0 Å². The molecule has 1 aromatic heterocycles. The van der Waals surface area contributed by atoms with Gasteiger partial charge in [-0.3, -0.25) is 19.3 Å². The Hall–Kier alpha value is -3.50. The maximum absolute atomic E-state index is 13.2. The summed E-state index contributed by atoms with van der Waals surface area (Å²) in [7, 11) is -3.91. The molecule has 0 spiro atoms. The number of sulfonamides is 1. The number of rotatable bonds is 5. The Labute approximate surface area is 196 Å². The van der Waals surface area contributed by atoms with E-state index in [1.165, 1.54) is 48.9 Å². The summed E-state index contributed by atoms with van der Waals surface area (Å²) in [5.41, 5.74) is 0.651. The van der Waals surface area contributed by atoms with Crippen LogP contribution in [-0.4, -0.2) is 66.2 Å². The minimum atomic E-state index is -3.91. The minimum Gasteiger partial charge on any atom is -0.335 e. The van der Waals surface area contributed by atoms with Crippen molar-refractivity contribution in [3.8, 4) is 0 Å². The first-order valence-electron chi connectivity index (χ1n) is 10.1. The van der Waals surface area contributed by atoms with Gasteiger partial charge in [-0.1, -0.05) is 23.7 Å². The van der Waals surface area contributed by atoms with Crippen LogP contribution >= 0.6 is 11.6 Å². The Morgan fingerprint density at radius 2 is 1.52 bits per heavy atom. The second-order valence-corrected chi connectivity index (χ2v) is 9.40. The molecule has 11 heteroatoms. The fraction of sp³-hybridized carbons (Fsp3) is 0.182. The third-order valence-electron chi connectivity index (χ3n) is 5.16. The summed E-state index contributed by atoms with van der Waals surface area (Å²) in [6.07, 6.45) is 4.35. The second kappa shape index (κ2) is 9.55. The molecule has 1 fully saturated rings. The lowest BCUT2D eigenvalue weighted by Crippen LogP contribution is -2.50. The van der Waals surface area contributed by atoms with E-state index in [2.05, 4.69) is 14.7 Å². The molecule has 1 aliphatic heterocycles. The van der Waals surface area contributed by atoms with Crippen molar-refractivity contribution in [2.45, 2.75) is 4.90 Å². The van der Waals surface area contributed by atoms with E-state index in [1.54, 1.807) is 28.0 Å². The van der Waals surface area contributed by atoms with Gasteiger partial charge >= 0.3 is 0 Å². The third kappa shape index (κ3) is 5.12. The standard InChI is InChI=1S/C22H20ClN5O4S/c23-16-5-7-17(8-6-16)33(31,32)26-19-4-2-1-3-18(19)21(29)27-11-13-28(14-12-27)22(30)20-15-24-9-10-25-20/h1-10,15,26H,11-14H2. The number of anilines is 1. The summed E-state index contributed by atoms with van der Waals surface area (Å²) in [5, 5.41) is 0.418. The predicted molar refractivity (Wildman–Crippen MR) is 123 cm³/mol. The van der Waals surface area contributed by atoms with Crippen LogP contribution in [0.25, 0.3) is 0 Å². The lowest BCUT2D eigenvalue weighted by atomic mass is 10.1. The van der Waals surface area contributed by atoms with Crippen molar-refractivity contribution in [3.63, 3.8) is 0 Å². The number of carbonyl (C=O) groups excluding carboxylic acids is 2. The van der Waals surface area contributed by atoms with Gasteiger partial charge in [0.1, 0.15) is 5.69 Å². The molecule has 9 nitrogen and oxygen atoms in total. The van der Waals surface area contributed by atoms with Gasteiger partial charge in [0.05, 0.1) is 22.3 Å². The van der Waals surface area contributed by atoms with Crippen molar-refractivity contribution >= 4 is 39.1 Å². The van der Waals surface area contributed by atoms with Gasteiger partial charge in [0.2, 0.25) is 0 Å². The van der Waals surface area contributed by atoms with Gasteiger partial charge in [-0.15, -0.1) is 0 Å². The van der Waals surface area contributed by atoms with Crippen molar-refractivity contribution < 1.29 is 18.0 Å². The monoisotopic (exact) mass is 485 g/mol. The van der Waals surface area contributed by atoms with Crippen molar-refractivity contribution in [3.05, 3.63) is 83.4 Å². The van der Waals surface area contributed by atoms with E-state index < -0.39 is 10.0 Å². The number of hydrogen-bond donors (Lipinski definition) is 1. The molecule has 170 valence electrons. The number of nitrogens with zero attached hydrogens (tertiary/aromatic N) is 4. The smallest absolute Gasteiger partial charge is 0.274 e. The quantitative estimate of drug-likeness (QED) is 0.594. The van der Waals surface area contributed by atoms with Crippen LogP contribution in [0.4, 0.5) is 5.69 Å². The van der Waals surface area contributed by atoms with E-state index in [9.17, 15) is 18.0 Å². The summed E-state index contributed by atoms with van der Waals surface area (Å²) >= 11 is 5.84. The molecule has 0 saturated carbocycles. The highest BCUT2D eigenvalue weighted by Gasteiger charge is 2.28. The highest BCUT2D eigenvalue weighted by Crippen LogP contribution is 2.23. The normalized spacial score (nSPS) is 14.1. The Bertz CT molecular complexity index is 1260. The number of nitrogens with one attached hydrogen (secondary N) is 1. The van der Waals surface area contributed by atoms with Gasteiger partial charge in [-0.05, 0) is 36.4 Å². The highest BCUT2D eigenvalue weighted by atomic mass is 35.5. The van der Waals surface area contributed by atoms with Gasteiger partial charge < -0.3 is 9.80 Å². The summed E-state index contributed by atoms with van der Waals surface area (Å²) in [5.74, 6) is -0.567. The van der Waals surface area contributed by atoms with E-state index in [0.29, 0.717) is 31.2 Å². The topological polar surface area (TPSA) is 113 Å². The molecule has 2 heterocycles. The number of piperazine rings is 1. The van der Waals surface area contributed by atoms with Gasteiger partial charge in [0, 0.05) is 43.6 Å². The van der Waals surface area contributed by atoms with E-state index in [-0.39, 0.29) is 33.7 Å². The van der Waals surface area contributed by atoms with Crippen molar-refractivity contribution in [1.29, 1.82) is 0 Å². The SMILES string of the molecule is O=C(c1cnccn1)N1CCN(C(=O)c2ccccc2NS(=O)(=O)c2ccc(Cl)cc2)CC1. The molecular weight excluding hydrogens is 466 g/mol. The number of para-hydroxylation sites is 1. The Kier molecular flexibility index (Phi) is 6.57. The number of halogens is 1. The minimum absolute atomic E-state index is 0.0327. The van der Waals surface area contributed by atoms with E-state index >= 15 is 0 Å². The molecule has 1 saturated heterocycles. The second-order valence-electron chi connectivity index (χ2n) is 7.28. The fourth-order valence-electron chi connectivity index (χ4n) is 3.43. The molecule has 3 aromatic rings. The highest BCUT2D eigenvalue weighted by molar-refractivity contribution is 7.92. The summed E-state index contributed by atoms with van der Waals surface area (Å²) in [4.78, 5) is 36.9. The third-order valence-corrected chi connectivity index (χ3v) is 6.80. The Balaban J connectivity index is 1.47. The maximum atomic E-state index is 13.2. The van der Waals surface area contributed by atoms with Crippen LogP contribution in [0.2, 0.25) is 5.02 Å². The van der Waals surface area contributed by atoms with Gasteiger partial charge in [0.15, 0.2) is 0 Å². The molecule has 0 radical (unpaired) electrons. The van der Waals surface area contributed by atoms with E-state index in [0.717, 1.165) is 0 Å². The van der Waals surface area contributed by atoms with Crippen molar-refractivity contribution in [2.75, 3.05) is 30.9 Å². The van der Waals surface area contributed by atoms with Crippen LogP contribution in [0.5, 0.6) is 0 Å². The summed E-state index contributed by atoms with van der Waals surface area (Å²) in [6, 6.07) is 12.2. The molecule has 33 heavy (non-hydrogen) atoms. The fourth-order valence-corrected chi connectivity index (χ4v) is 4.64. The molecule has 2 amide bonds. The zero-order valence-electron chi connectivity index (χ0n) is 17.4. The molecule has 1 N–H and O–H groups in total. The van der Waals surface area contributed by atoms with Crippen LogP contribution in [0.1, 0.15) is 20.8 Å². The molecule has 1 aliphatic rings. The first kappa shape index (κ1) is 22.7. The lowest BCUT2D eigenvalue weighted by Gasteiger charge is -2.34. The van der Waals surface area contributed by atoms with Crippen molar-refractivity contribution in [2.24, 2.45) is 0 Å². The number of benzene rings is 2. The molecular formula is C22H20ClN5O4S. The predicted octanol–water partition coefficient (Wildman–Crippen LogP) is 2.53. The van der Waals surface area contributed by atoms with E-state index in [1.807, 2.05) is 0 Å². The maximum Gasteiger partial charge on any atom is 0.274 e. The number of carbonyl (C=O) groups is 2. The van der Waals surface area contributed by atoms with Crippen molar-refractivity contribution in [1.82, 2.24) is 19.8 Å². The molecule has 0 aliphatic carbocycles. The van der Waals surface area contributed by atoms with Crippen LogP contribution in [0.3, 0.4) is 0 Å². The molecule has 0 unspecified atom stereocenters. The Morgan fingerprint density at radius 3 is 2.15 bits per heavy atom. The average Bonchev–Trinajstić information content (AvgIpc) is 2.84. The number of amides is 2. The lowest BCUT2D eigenvalue weighted by molar-refractivity contribution is 0.0532. The average molecular weight is 486 g/mol. The van der Waals surface area contributed by atoms with Crippen LogP contribution in [0, 0.1) is 0 Å². The van der Waals surface area contributed by atoms with Gasteiger partial charge in [0.25, 0.3) is 21.8 Å². The van der Waals surface area contributed by atoms with Crippen LogP contribution in [-0.2, 0) is 10.0 Å². The molecule has 0 atom stereocenters. The molecule has 4 rings (SSSR count). The first-order valence-corrected chi connectivity index (χ1v) is 11.9. The first-order chi connectivity index (χ1) is 15.8. The van der Waals surface area contributed by atoms with Crippen LogP contribution < -0.4 is 4.72 Å². The largest absolute Gasteiger partial charge is 0.335 e. The zero-order chi connectivity index (χ0) is 23.4. The Morgan fingerprint density at radius 1 is 0.879 bits per heavy atom. The number of hydrogen-bond acceptors (Lipinski definition) is 6. The summed E-state index contributed by atoms with van der Waals surface area (Å²) in [6.45, 7) is 1.28. The number of aromatic nitrogens is 2. The molecule has 0 bridgehead atoms. The zero-order valence-corrected chi connectivity index (χ0v) is 19.0. The summed E-state index contributed by atoms with van der Waals surface area (Å²) < 4.78 is 28.1. The molecule has 2 aromatic carbocycles. The van der Waals surface area contributed by atoms with E-state index in [4.69, 9.17) is 11.6 Å².